The fourth-order valence-corrected chi connectivity index (χ4v) is 3.52. The van der Waals surface area contributed by atoms with Crippen molar-refractivity contribution in [2.24, 2.45) is 5.41 Å². The highest BCUT2D eigenvalue weighted by molar-refractivity contribution is 5.73. The summed E-state index contributed by atoms with van der Waals surface area (Å²) < 4.78 is 6.17. The highest BCUT2D eigenvalue weighted by atomic mass is 16.5. The SMILES string of the molecule is C=C1/C(=C(\CC)CCNCCC(C)(C)C(=O)O)C2=C(CCC=C2)O/C1=C/C=C\C. The second-order valence-corrected chi connectivity index (χ2v) is 8.19. The highest BCUT2D eigenvalue weighted by Crippen LogP contribution is 2.41. The Hall–Kier alpha value is -2.33. The lowest BCUT2D eigenvalue weighted by molar-refractivity contribution is -0.147. The predicted octanol–water partition coefficient (Wildman–Crippen LogP) is 5.82. The van der Waals surface area contributed by atoms with Gasteiger partial charge in [-0.05, 0) is 71.2 Å². The van der Waals surface area contributed by atoms with Crippen LogP contribution >= 0.6 is 0 Å². The van der Waals surface area contributed by atoms with Gasteiger partial charge in [0.2, 0.25) is 0 Å². The monoisotopic (exact) mass is 397 g/mol. The molecule has 0 spiro atoms. The lowest BCUT2D eigenvalue weighted by Gasteiger charge is -2.30. The van der Waals surface area contributed by atoms with Gasteiger partial charge in [0.15, 0.2) is 0 Å². The van der Waals surface area contributed by atoms with E-state index in [1.807, 2.05) is 25.2 Å². The second-order valence-electron chi connectivity index (χ2n) is 8.19. The lowest BCUT2D eigenvalue weighted by atomic mass is 9.84. The standard InChI is InChI=1S/C25H35NO3/c1-6-8-12-21-18(3)23(20-11-9-10-13-22(20)29-21)19(7-2)14-16-26-17-15-25(4,5)24(27)28/h6,8-9,11-12,26H,3,7,10,13-17H2,1-2,4-5H3,(H,27,28)/b8-6-,21-12+,23-19-. The van der Waals surface area contributed by atoms with Crippen molar-refractivity contribution in [2.45, 2.75) is 59.8 Å². The van der Waals surface area contributed by atoms with Crippen LogP contribution in [0, 0.1) is 5.41 Å². The zero-order valence-corrected chi connectivity index (χ0v) is 18.3. The average Bonchev–Trinajstić information content (AvgIpc) is 2.70. The van der Waals surface area contributed by atoms with Crippen LogP contribution < -0.4 is 5.32 Å². The van der Waals surface area contributed by atoms with Crippen LogP contribution in [0.4, 0.5) is 0 Å². The number of carboxylic acid groups (broad SMARTS) is 1. The molecule has 0 aromatic rings. The molecule has 158 valence electrons. The highest BCUT2D eigenvalue weighted by Gasteiger charge is 2.28. The summed E-state index contributed by atoms with van der Waals surface area (Å²) in [5, 5.41) is 12.7. The maximum absolute atomic E-state index is 11.2. The molecule has 0 unspecified atom stereocenters. The fourth-order valence-electron chi connectivity index (χ4n) is 3.52. The zero-order chi connectivity index (χ0) is 21.4. The molecule has 29 heavy (non-hydrogen) atoms. The molecule has 2 aliphatic rings. The minimum Gasteiger partial charge on any atom is -0.481 e. The van der Waals surface area contributed by atoms with Gasteiger partial charge in [-0.1, -0.05) is 43.4 Å². The summed E-state index contributed by atoms with van der Waals surface area (Å²) >= 11 is 0. The molecule has 2 rings (SSSR count). The van der Waals surface area contributed by atoms with Crippen molar-refractivity contribution in [1.82, 2.24) is 5.32 Å². The normalized spacial score (nSPS) is 20.3. The van der Waals surface area contributed by atoms with Crippen molar-refractivity contribution in [2.75, 3.05) is 13.1 Å². The van der Waals surface area contributed by atoms with E-state index in [4.69, 9.17) is 4.74 Å². The van der Waals surface area contributed by atoms with Crippen LogP contribution in [0.3, 0.4) is 0 Å². The number of ether oxygens (including phenoxy) is 1. The van der Waals surface area contributed by atoms with Crippen molar-refractivity contribution in [3.8, 4) is 0 Å². The molecule has 0 aromatic carbocycles. The molecule has 0 saturated carbocycles. The van der Waals surface area contributed by atoms with Gasteiger partial charge in [0.05, 0.1) is 5.41 Å². The first-order chi connectivity index (χ1) is 13.8. The Morgan fingerprint density at radius 1 is 1.38 bits per heavy atom. The number of carboxylic acids is 1. The van der Waals surface area contributed by atoms with Gasteiger partial charge in [0.25, 0.3) is 0 Å². The lowest BCUT2D eigenvalue weighted by Crippen LogP contribution is -2.29. The molecule has 4 nitrogen and oxygen atoms in total. The van der Waals surface area contributed by atoms with Crippen molar-refractivity contribution in [1.29, 1.82) is 0 Å². The van der Waals surface area contributed by atoms with E-state index in [2.05, 4.69) is 31.0 Å². The molecule has 1 aliphatic heterocycles. The van der Waals surface area contributed by atoms with Crippen molar-refractivity contribution < 1.29 is 14.6 Å². The molecule has 0 radical (unpaired) electrons. The number of nitrogens with one attached hydrogen (secondary N) is 1. The first kappa shape index (κ1) is 23.0. The molecule has 0 aromatic heterocycles. The van der Waals surface area contributed by atoms with E-state index >= 15 is 0 Å². The number of aliphatic carboxylic acids is 1. The van der Waals surface area contributed by atoms with E-state index < -0.39 is 11.4 Å². The van der Waals surface area contributed by atoms with Crippen molar-refractivity contribution >= 4 is 5.97 Å². The summed E-state index contributed by atoms with van der Waals surface area (Å²) in [7, 11) is 0. The summed E-state index contributed by atoms with van der Waals surface area (Å²) in [5.41, 5.74) is 3.98. The van der Waals surface area contributed by atoms with E-state index in [0.29, 0.717) is 13.0 Å². The molecule has 0 saturated heterocycles. The Balaban J connectivity index is 2.17. The Morgan fingerprint density at radius 2 is 2.14 bits per heavy atom. The van der Waals surface area contributed by atoms with Crippen LogP contribution in [0.2, 0.25) is 0 Å². The summed E-state index contributed by atoms with van der Waals surface area (Å²) in [6, 6.07) is 0. The number of allylic oxidation sites excluding steroid dienone is 8. The Bertz CT molecular complexity index is 791. The minimum atomic E-state index is -0.752. The molecule has 2 N–H and O–H groups in total. The topological polar surface area (TPSA) is 58.6 Å². The maximum atomic E-state index is 11.2. The predicted molar refractivity (Wildman–Crippen MR) is 119 cm³/mol. The van der Waals surface area contributed by atoms with Gasteiger partial charge in [0, 0.05) is 17.6 Å². The van der Waals surface area contributed by atoms with E-state index in [9.17, 15) is 9.90 Å². The molecule has 0 atom stereocenters. The Labute approximate surface area is 175 Å². The quantitative estimate of drug-likeness (QED) is 0.481. The fraction of sp³-hybridized carbons (Fsp3) is 0.480. The molecular formula is C25H35NO3. The van der Waals surface area contributed by atoms with Gasteiger partial charge in [-0.25, -0.2) is 0 Å². The van der Waals surface area contributed by atoms with Gasteiger partial charge in [-0.2, -0.15) is 0 Å². The maximum Gasteiger partial charge on any atom is 0.309 e. The molecule has 4 heteroatoms. The summed E-state index contributed by atoms with van der Waals surface area (Å²) in [4.78, 5) is 11.2. The molecular weight excluding hydrogens is 362 g/mol. The summed E-state index contributed by atoms with van der Waals surface area (Å²) in [5.74, 6) is 1.11. The summed E-state index contributed by atoms with van der Waals surface area (Å²) in [6.07, 6.45) is 14.7. The van der Waals surface area contributed by atoms with E-state index in [1.165, 1.54) is 16.7 Å². The zero-order valence-electron chi connectivity index (χ0n) is 18.3. The first-order valence-electron chi connectivity index (χ1n) is 10.6. The van der Waals surface area contributed by atoms with Gasteiger partial charge in [0.1, 0.15) is 11.5 Å². The van der Waals surface area contributed by atoms with Crippen LogP contribution in [-0.4, -0.2) is 24.2 Å². The summed E-state index contributed by atoms with van der Waals surface area (Å²) in [6.45, 7) is 13.6. The Kier molecular flexibility index (Phi) is 8.27. The van der Waals surface area contributed by atoms with Gasteiger partial charge in [-0.3, -0.25) is 4.79 Å². The third-order valence-corrected chi connectivity index (χ3v) is 5.55. The van der Waals surface area contributed by atoms with Crippen LogP contribution in [0.1, 0.15) is 59.8 Å². The third-order valence-electron chi connectivity index (χ3n) is 5.55. The largest absolute Gasteiger partial charge is 0.481 e. The number of hydrogen-bond acceptors (Lipinski definition) is 3. The van der Waals surface area contributed by atoms with E-state index in [1.54, 1.807) is 13.8 Å². The molecule has 1 aliphatic carbocycles. The van der Waals surface area contributed by atoms with Crippen molar-refractivity contribution in [3.05, 3.63) is 70.8 Å². The molecule has 1 heterocycles. The second kappa shape index (κ2) is 10.4. The first-order valence-corrected chi connectivity index (χ1v) is 10.6. The van der Waals surface area contributed by atoms with E-state index in [0.717, 1.165) is 49.3 Å². The minimum absolute atomic E-state index is 0.606. The Morgan fingerprint density at radius 3 is 2.79 bits per heavy atom. The van der Waals surface area contributed by atoms with Gasteiger partial charge >= 0.3 is 5.97 Å². The van der Waals surface area contributed by atoms with E-state index in [-0.39, 0.29) is 0 Å². The number of hydrogen-bond donors (Lipinski definition) is 2. The molecule has 0 amide bonds. The molecule has 0 fully saturated rings. The van der Waals surface area contributed by atoms with Crippen LogP contribution in [0.15, 0.2) is 70.8 Å². The third kappa shape index (κ3) is 5.83. The van der Waals surface area contributed by atoms with Gasteiger partial charge in [-0.15, -0.1) is 0 Å². The molecule has 0 bridgehead atoms. The number of carbonyl (C=O) groups is 1. The smallest absolute Gasteiger partial charge is 0.309 e. The average molecular weight is 398 g/mol. The van der Waals surface area contributed by atoms with Crippen LogP contribution in [0.5, 0.6) is 0 Å². The van der Waals surface area contributed by atoms with Crippen molar-refractivity contribution in [3.63, 3.8) is 0 Å². The van der Waals surface area contributed by atoms with Crippen LogP contribution in [-0.2, 0) is 9.53 Å². The van der Waals surface area contributed by atoms with Gasteiger partial charge < -0.3 is 15.2 Å². The number of rotatable bonds is 9. The van der Waals surface area contributed by atoms with Crippen LogP contribution in [0.25, 0.3) is 0 Å².